The van der Waals surface area contributed by atoms with Crippen LogP contribution in [0.15, 0.2) is 39.6 Å². The highest BCUT2D eigenvalue weighted by Gasteiger charge is 2.32. The Morgan fingerprint density at radius 1 is 1.30 bits per heavy atom. The molecular weight excluding hydrogens is 392 g/mol. The molecule has 27 heavy (non-hydrogen) atoms. The average molecular weight is 414 g/mol. The molecule has 7 nitrogen and oxygen atoms in total. The van der Waals surface area contributed by atoms with Crippen LogP contribution in [0.5, 0.6) is 0 Å². The highest BCUT2D eigenvalue weighted by molar-refractivity contribution is 7.89. The third-order valence-electron chi connectivity index (χ3n) is 4.68. The molecule has 1 saturated heterocycles. The SMILES string of the molecule is COC(=O)c1cc(C[NH+]2CCN(S(=O)(=O)c3ccccc3Cl)CC2)oc1C. The van der Waals surface area contributed by atoms with Gasteiger partial charge in [0.05, 0.1) is 38.3 Å². The molecule has 0 bridgehead atoms. The van der Waals surface area contributed by atoms with E-state index in [2.05, 4.69) is 0 Å². The Hall–Kier alpha value is -1.87. The third-order valence-corrected chi connectivity index (χ3v) is 7.08. The number of quaternary nitrogens is 1. The van der Waals surface area contributed by atoms with Gasteiger partial charge in [-0.25, -0.2) is 13.2 Å². The molecule has 1 aliphatic rings. The van der Waals surface area contributed by atoms with Gasteiger partial charge in [-0.2, -0.15) is 4.31 Å². The minimum Gasteiger partial charge on any atom is -0.465 e. The van der Waals surface area contributed by atoms with E-state index in [4.69, 9.17) is 20.8 Å². The number of esters is 1. The lowest BCUT2D eigenvalue weighted by molar-refractivity contribution is -0.918. The number of piperazine rings is 1. The maximum atomic E-state index is 12.8. The molecule has 0 saturated carbocycles. The van der Waals surface area contributed by atoms with Crippen molar-refractivity contribution in [2.75, 3.05) is 33.3 Å². The number of hydrogen-bond donors (Lipinski definition) is 1. The number of benzene rings is 1. The van der Waals surface area contributed by atoms with E-state index in [0.29, 0.717) is 49.8 Å². The zero-order valence-corrected chi connectivity index (χ0v) is 16.8. The van der Waals surface area contributed by atoms with E-state index in [-0.39, 0.29) is 9.92 Å². The van der Waals surface area contributed by atoms with E-state index in [9.17, 15) is 13.2 Å². The zero-order chi connectivity index (χ0) is 19.6. The van der Waals surface area contributed by atoms with E-state index in [0.717, 1.165) is 0 Å². The minimum atomic E-state index is -3.60. The first-order valence-corrected chi connectivity index (χ1v) is 10.4. The van der Waals surface area contributed by atoms with Crippen LogP contribution in [-0.4, -0.2) is 52.0 Å². The number of hydrogen-bond acceptors (Lipinski definition) is 5. The van der Waals surface area contributed by atoms with Gasteiger partial charge in [-0.05, 0) is 19.1 Å². The van der Waals surface area contributed by atoms with Crippen molar-refractivity contribution in [3.05, 3.63) is 52.4 Å². The number of aryl methyl sites for hydroxylation is 1. The van der Waals surface area contributed by atoms with Gasteiger partial charge in [-0.3, -0.25) is 0 Å². The van der Waals surface area contributed by atoms with E-state index in [1.165, 1.54) is 22.4 Å². The first-order chi connectivity index (χ1) is 12.8. The van der Waals surface area contributed by atoms with Crippen molar-refractivity contribution in [2.24, 2.45) is 0 Å². The molecular formula is C18H22ClN2O5S+. The van der Waals surface area contributed by atoms with Crippen molar-refractivity contribution in [3.63, 3.8) is 0 Å². The minimum absolute atomic E-state index is 0.138. The lowest BCUT2D eigenvalue weighted by Gasteiger charge is -2.31. The van der Waals surface area contributed by atoms with Crippen molar-refractivity contribution in [1.29, 1.82) is 0 Å². The van der Waals surface area contributed by atoms with Crippen LogP contribution >= 0.6 is 11.6 Å². The molecule has 0 radical (unpaired) electrons. The van der Waals surface area contributed by atoms with Crippen LogP contribution in [0.3, 0.4) is 0 Å². The number of nitrogens with zero attached hydrogens (tertiary/aromatic N) is 1. The van der Waals surface area contributed by atoms with Crippen molar-refractivity contribution in [2.45, 2.75) is 18.4 Å². The molecule has 1 aliphatic heterocycles. The Balaban J connectivity index is 1.64. The molecule has 146 valence electrons. The van der Waals surface area contributed by atoms with E-state index in [1.54, 1.807) is 31.2 Å². The second-order valence-electron chi connectivity index (χ2n) is 6.44. The molecule has 1 aromatic heterocycles. The summed E-state index contributed by atoms with van der Waals surface area (Å²) in [5.41, 5.74) is 0.423. The van der Waals surface area contributed by atoms with Gasteiger partial charge in [0.15, 0.2) is 5.76 Å². The number of furan rings is 1. The highest BCUT2D eigenvalue weighted by Crippen LogP contribution is 2.24. The molecule has 0 unspecified atom stereocenters. The van der Waals surface area contributed by atoms with Gasteiger partial charge < -0.3 is 14.1 Å². The summed E-state index contributed by atoms with van der Waals surface area (Å²) in [6.45, 7) is 4.36. The van der Waals surface area contributed by atoms with Crippen LogP contribution in [0.4, 0.5) is 0 Å². The molecule has 9 heteroatoms. The number of sulfonamides is 1. The van der Waals surface area contributed by atoms with E-state index < -0.39 is 16.0 Å². The van der Waals surface area contributed by atoms with Gasteiger partial charge in [0.1, 0.15) is 22.8 Å². The first-order valence-electron chi connectivity index (χ1n) is 8.59. The summed E-state index contributed by atoms with van der Waals surface area (Å²) in [7, 11) is -2.27. The summed E-state index contributed by atoms with van der Waals surface area (Å²) in [5.74, 6) is 0.787. The number of carbonyl (C=O) groups is 1. The number of ether oxygens (including phenoxy) is 1. The number of halogens is 1. The second kappa shape index (κ2) is 8.02. The second-order valence-corrected chi connectivity index (χ2v) is 8.75. The number of methoxy groups -OCH3 is 1. The molecule has 1 N–H and O–H groups in total. The van der Waals surface area contributed by atoms with Crippen LogP contribution in [0.25, 0.3) is 0 Å². The molecule has 2 aromatic rings. The van der Waals surface area contributed by atoms with Crippen LogP contribution in [0, 0.1) is 6.92 Å². The Labute approximate surface area is 163 Å². The van der Waals surface area contributed by atoms with Crippen molar-refractivity contribution in [3.8, 4) is 0 Å². The van der Waals surface area contributed by atoms with Gasteiger partial charge in [-0.1, -0.05) is 23.7 Å². The predicted octanol–water partition coefficient (Wildman–Crippen LogP) is 1.12. The Morgan fingerprint density at radius 2 is 1.96 bits per heavy atom. The fourth-order valence-electron chi connectivity index (χ4n) is 3.20. The largest absolute Gasteiger partial charge is 0.465 e. The van der Waals surface area contributed by atoms with Gasteiger partial charge in [0.2, 0.25) is 10.0 Å². The highest BCUT2D eigenvalue weighted by atomic mass is 35.5. The Kier molecular flexibility index (Phi) is 5.90. The molecule has 0 aliphatic carbocycles. The molecule has 2 heterocycles. The molecule has 0 spiro atoms. The quantitative estimate of drug-likeness (QED) is 0.743. The summed E-state index contributed by atoms with van der Waals surface area (Å²) in [6, 6.07) is 8.17. The van der Waals surface area contributed by atoms with Crippen LogP contribution < -0.4 is 4.90 Å². The van der Waals surface area contributed by atoms with Crippen LogP contribution in [0.1, 0.15) is 21.9 Å². The smallest absolute Gasteiger partial charge is 0.341 e. The fraction of sp³-hybridized carbons (Fsp3) is 0.389. The van der Waals surface area contributed by atoms with Gasteiger partial charge in [-0.15, -0.1) is 0 Å². The van der Waals surface area contributed by atoms with Crippen molar-refractivity contribution in [1.82, 2.24) is 4.31 Å². The standard InChI is InChI=1S/C18H21ClN2O5S/c1-13-15(18(22)25-2)11-14(26-13)12-20-7-9-21(10-8-20)27(23,24)17-6-4-3-5-16(17)19/h3-6,11H,7-10,12H2,1-2H3/p+1. The summed E-state index contributed by atoms with van der Waals surface area (Å²) in [4.78, 5) is 13.0. The van der Waals surface area contributed by atoms with E-state index in [1.807, 2.05) is 0 Å². The lowest BCUT2D eigenvalue weighted by Crippen LogP contribution is -3.13. The number of nitrogens with one attached hydrogen (secondary N) is 1. The van der Waals surface area contributed by atoms with Crippen LogP contribution in [-0.2, 0) is 21.3 Å². The molecule has 1 fully saturated rings. The Morgan fingerprint density at radius 3 is 2.59 bits per heavy atom. The molecule has 3 rings (SSSR count). The van der Waals surface area contributed by atoms with Crippen LogP contribution in [0.2, 0.25) is 5.02 Å². The normalized spacial score (nSPS) is 16.4. The first kappa shape index (κ1) is 19.9. The third kappa shape index (κ3) is 4.19. The molecule has 1 aromatic carbocycles. The number of rotatable bonds is 5. The molecule has 0 amide bonds. The summed E-state index contributed by atoms with van der Waals surface area (Å²) >= 11 is 6.06. The van der Waals surface area contributed by atoms with E-state index >= 15 is 0 Å². The lowest BCUT2D eigenvalue weighted by atomic mass is 10.2. The predicted molar refractivity (Wildman–Crippen MR) is 99.4 cm³/mol. The molecule has 0 atom stereocenters. The van der Waals surface area contributed by atoms with Gasteiger partial charge in [0, 0.05) is 6.07 Å². The van der Waals surface area contributed by atoms with Gasteiger partial charge >= 0.3 is 5.97 Å². The topological polar surface area (TPSA) is 81.3 Å². The maximum Gasteiger partial charge on any atom is 0.341 e. The Bertz CT molecular complexity index is 933. The summed E-state index contributed by atoms with van der Waals surface area (Å²) in [6.07, 6.45) is 0. The fourth-order valence-corrected chi connectivity index (χ4v) is 5.14. The maximum absolute atomic E-state index is 12.8. The average Bonchev–Trinajstić information content (AvgIpc) is 3.02. The summed E-state index contributed by atoms with van der Waals surface area (Å²) < 4.78 is 37.4. The van der Waals surface area contributed by atoms with Crippen molar-refractivity contribution >= 4 is 27.6 Å². The monoisotopic (exact) mass is 413 g/mol. The number of carbonyl (C=O) groups excluding carboxylic acids is 1. The van der Waals surface area contributed by atoms with Gasteiger partial charge in [0.25, 0.3) is 0 Å². The van der Waals surface area contributed by atoms with Crippen molar-refractivity contribution < 1.29 is 27.3 Å². The zero-order valence-electron chi connectivity index (χ0n) is 15.2. The summed E-state index contributed by atoms with van der Waals surface area (Å²) in [5, 5.41) is 0.230.